The summed E-state index contributed by atoms with van der Waals surface area (Å²) in [5.41, 5.74) is 2.13. The van der Waals surface area contributed by atoms with Gasteiger partial charge in [0.25, 0.3) is 0 Å². The fourth-order valence-electron chi connectivity index (χ4n) is 2.26. The number of hydrogen-bond donors (Lipinski definition) is 1. The summed E-state index contributed by atoms with van der Waals surface area (Å²) in [5, 5.41) is 3.36. The molecule has 2 rings (SSSR count). The minimum absolute atomic E-state index is 0.113. The molecule has 0 saturated carbocycles. The van der Waals surface area contributed by atoms with Crippen LogP contribution in [0, 0.1) is 0 Å². The number of nitrogens with one attached hydrogen (secondary N) is 1. The molecule has 0 fully saturated rings. The van der Waals surface area contributed by atoms with E-state index in [1.165, 1.54) is 0 Å². The third kappa shape index (κ3) is 2.99. The quantitative estimate of drug-likeness (QED) is 0.903. The number of imidazole rings is 1. The molecule has 0 radical (unpaired) electrons. The van der Waals surface area contributed by atoms with E-state index in [4.69, 9.17) is 0 Å². The van der Waals surface area contributed by atoms with Crippen molar-refractivity contribution in [3.8, 4) is 0 Å². The van der Waals surface area contributed by atoms with Crippen molar-refractivity contribution >= 4 is 16.9 Å². The number of para-hydroxylation sites is 2. The van der Waals surface area contributed by atoms with Crippen LogP contribution in [0.25, 0.3) is 11.0 Å². The van der Waals surface area contributed by atoms with Gasteiger partial charge in [-0.15, -0.1) is 0 Å². The molecule has 0 bridgehead atoms. The molecule has 0 spiro atoms. The molecule has 1 unspecified atom stereocenters. The third-order valence-electron chi connectivity index (χ3n) is 3.50. The van der Waals surface area contributed by atoms with Gasteiger partial charge in [0.05, 0.1) is 17.1 Å². The largest absolute Gasteiger partial charge is 0.349 e. The maximum Gasteiger partial charge on any atom is 0.223 e. The van der Waals surface area contributed by atoms with E-state index in [1.54, 1.807) is 19.0 Å². The highest BCUT2D eigenvalue weighted by Gasteiger charge is 2.14. The topological polar surface area (TPSA) is 50.2 Å². The van der Waals surface area contributed by atoms with Crippen LogP contribution in [0.4, 0.5) is 0 Å². The third-order valence-corrected chi connectivity index (χ3v) is 3.50. The van der Waals surface area contributed by atoms with Gasteiger partial charge in [-0.25, -0.2) is 4.98 Å². The van der Waals surface area contributed by atoms with E-state index in [0.29, 0.717) is 13.0 Å². The zero-order valence-electron chi connectivity index (χ0n) is 12.6. The first-order chi connectivity index (χ1) is 9.50. The lowest BCUT2D eigenvalue weighted by Crippen LogP contribution is -2.28. The van der Waals surface area contributed by atoms with Gasteiger partial charge in [0.15, 0.2) is 0 Å². The lowest BCUT2D eigenvalue weighted by atomic mass is 10.3. The van der Waals surface area contributed by atoms with Crippen LogP contribution in [-0.2, 0) is 11.8 Å². The second-order valence-corrected chi connectivity index (χ2v) is 5.23. The number of benzene rings is 1. The lowest BCUT2D eigenvalue weighted by molar-refractivity contribution is -0.128. The molecule has 0 saturated heterocycles. The van der Waals surface area contributed by atoms with Crippen LogP contribution in [0.3, 0.4) is 0 Å². The van der Waals surface area contributed by atoms with Gasteiger partial charge in [-0.1, -0.05) is 12.1 Å². The van der Waals surface area contributed by atoms with E-state index < -0.39 is 0 Å². The van der Waals surface area contributed by atoms with Gasteiger partial charge in [0.1, 0.15) is 5.82 Å². The second-order valence-electron chi connectivity index (χ2n) is 5.23. The van der Waals surface area contributed by atoms with Crippen molar-refractivity contribution in [3.05, 3.63) is 30.1 Å². The molecule has 5 heteroatoms. The summed E-state index contributed by atoms with van der Waals surface area (Å²) < 4.78 is 2.10. The molecule has 1 N–H and O–H groups in total. The van der Waals surface area contributed by atoms with E-state index >= 15 is 0 Å². The number of carbonyl (C=O) groups excluding carboxylic acids is 1. The summed E-state index contributed by atoms with van der Waals surface area (Å²) in [6.45, 7) is 2.72. The molecule has 1 atom stereocenters. The number of aryl methyl sites for hydroxylation is 1. The molecule has 5 nitrogen and oxygen atoms in total. The summed E-state index contributed by atoms with van der Waals surface area (Å²) in [6, 6.07) is 8.20. The van der Waals surface area contributed by atoms with E-state index in [9.17, 15) is 4.79 Å². The summed E-state index contributed by atoms with van der Waals surface area (Å²) in [4.78, 5) is 17.8. The zero-order valence-corrected chi connectivity index (χ0v) is 12.6. The summed E-state index contributed by atoms with van der Waals surface area (Å²) >= 11 is 0. The summed E-state index contributed by atoms with van der Waals surface area (Å²) in [6.07, 6.45) is 0.501. The highest BCUT2D eigenvalue weighted by atomic mass is 16.2. The van der Waals surface area contributed by atoms with Crippen molar-refractivity contribution < 1.29 is 4.79 Å². The Bertz CT molecular complexity index is 603. The minimum atomic E-state index is 0.113. The Hall–Kier alpha value is -1.88. The zero-order chi connectivity index (χ0) is 14.7. The lowest BCUT2D eigenvalue weighted by Gasteiger charge is -2.15. The first-order valence-corrected chi connectivity index (χ1v) is 6.85. The Labute approximate surface area is 119 Å². The van der Waals surface area contributed by atoms with Crippen molar-refractivity contribution in [1.82, 2.24) is 19.8 Å². The number of nitrogens with zero attached hydrogens (tertiary/aromatic N) is 3. The standard InChI is InChI=1S/C15H22N4O/c1-11(16-10-9-14(20)18(2)3)15-17-12-7-5-6-8-13(12)19(15)4/h5-8,11,16H,9-10H2,1-4H3. The predicted octanol–water partition coefficient (Wildman–Crippen LogP) is 1.70. The van der Waals surface area contributed by atoms with Gasteiger partial charge < -0.3 is 14.8 Å². The SMILES string of the molecule is CC(NCCC(=O)N(C)C)c1nc2ccccc2n1C. The number of fused-ring (bicyclic) bond motifs is 1. The predicted molar refractivity (Wildman–Crippen MR) is 80.4 cm³/mol. The Kier molecular flexibility index (Phi) is 4.39. The van der Waals surface area contributed by atoms with E-state index in [1.807, 2.05) is 25.2 Å². The fourth-order valence-corrected chi connectivity index (χ4v) is 2.26. The molecule has 0 aliphatic heterocycles. The first-order valence-electron chi connectivity index (χ1n) is 6.85. The Morgan fingerprint density at radius 2 is 2.10 bits per heavy atom. The Morgan fingerprint density at radius 3 is 2.75 bits per heavy atom. The van der Waals surface area contributed by atoms with E-state index in [0.717, 1.165) is 16.9 Å². The molecule has 1 aromatic carbocycles. The average Bonchev–Trinajstić information content (AvgIpc) is 2.76. The number of amides is 1. The average molecular weight is 274 g/mol. The fraction of sp³-hybridized carbons (Fsp3) is 0.467. The van der Waals surface area contributed by atoms with Crippen LogP contribution in [0.15, 0.2) is 24.3 Å². The molecular formula is C15H22N4O. The molecule has 20 heavy (non-hydrogen) atoms. The highest BCUT2D eigenvalue weighted by molar-refractivity contribution is 5.76. The molecule has 0 aliphatic carbocycles. The van der Waals surface area contributed by atoms with Gasteiger partial charge in [-0.05, 0) is 19.1 Å². The summed E-state index contributed by atoms with van der Waals surface area (Å²) in [7, 11) is 5.57. The van der Waals surface area contributed by atoms with Crippen molar-refractivity contribution in [2.24, 2.45) is 7.05 Å². The van der Waals surface area contributed by atoms with Gasteiger partial charge in [-0.3, -0.25) is 4.79 Å². The van der Waals surface area contributed by atoms with Crippen LogP contribution in [0.5, 0.6) is 0 Å². The summed E-state index contributed by atoms with van der Waals surface area (Å²) in [5.74, 6) is 1.12. The second kappa shape index (κ2) is 6.05. The Morgan fingerprint density at radius 1 is 1.40 bits per heavy atom. The van der Waals surface area contributed by atoms with Crippen LogP contribution in [0.1, 0.15) is 25.2 Å². The number of carbonyl (C=O) groups is 1. The first kappa shape index (κ1) is 14.5. The van der Waals surface area contributed by atoms with Crippen LogP contribution >= 0.6 is 0 Å². The molecule has 1 amide bonds. The molecule has 108 valence electrons. The van der Waals surface area contributed by atoms with E-state index in [-0.39, 0.29) is 11.9 Å². The molecule has 1 aromatic heterocycles. The van der Waals surface area contributed by atoms with Crippen LogP contribution < -0.4 is 5.32 Å². The molecule has 2 aromatic rings. The number of aromatic nitrogens is 2. The smallest absolute Gasteiger partial charge is 0.223 e. The molecule has 1 heterocycles. The minimum Gasteiger partial charge on any atom is -0.349 e. The van der Waals surface area contributed by atoms with Crippen molar-refractivity contribution in [1.29, 1.82) is 0 Å². The maximum absolute atomic E-state index is 11.5. The van der Waals surface area contributed by atoms with Crippen molar-refractivity contribution in [2.45, 2.75) is 19.4 Å². The van der Waals surface area contributed by atoms with Crippen molar-refractivity contribution in [2.75, 3.05) is 20.6 Å². The van der Waals surface area contributed by atoms with Gasteiger partial charge in [-0.2, -0.15) is 0 Å². The normalized spacial score (nSPS) is 12.6. The van der Waals surface area contributed by atoms with Crippen LogP contribution in [-0.4, -0.2) is 41.0 Å². The molecule has 0 aliphatic rings. The highest BCUT2D eigenvalue weighted by Crippen LogP contribution is 2.18. The van der Waals surface area contributed by atoms with Crippen molar-refractivity contribution in [3.63, 3.8) is 0 Å². The van der Waals surface area contributed by atoms with Gasteiger partial charge in [0, 0.05) is 34.1 Å². The monoisotopic (exact) mass is 274 g/mol. The van der Waals surface area contributed by atoms with Gasteiger partial charge >= 0.3 is 0 Å². The maximum atomic E-state index is 11.5. The Balaban J connectivity index is 2.02. The van der Waals surface area contributed by atoms with E-state index in [2.05, 4.69) is 27.9 Å². The number of hydrogen-bond acceptors (Lipinski definition) is 3. The number of rotatable bonds is 5. The van der Waals surface area contributed by atoms with Gasteiger partial charge in [0.2, 0.25) is 5.91 Å². The van der Waals surface area contributed by atoms with Crippen LogP contribution in [0.2, 0.25) is 0 Å². The molecular weight excluding hydrogens is 252 g/mol.